The molecule has 0 aromatic rings. The van der Waals surface area contributed by atoms with Gasteiger partial charge in [0.15, 0.2) is 11.6 Å². The molecule has 0 rings (SSSR count). The molecule has 0 radical (unpaired) electrons. The third-order valence-electron chi connectivity index (χ3n) is 1.87. The van der Waals surface area contributed by atoms with Crippen molar-refractivity contribution in [2.75, 3.05) is 0 Å². The van der Waals surface area contributed by atoms with Crippen LogP contribution in [0.15, 0.2) is 50.6 Å². The number of aliphatic hydroxyl groups is 2. The molecule has 0 bridgehead atoms. The Morgan fingerprint density at radius 3 is 1.40 bits per heavy atom. The third kappa shape index (κ3) is 4.25. The van der Waals surface area contributed by atoms with E-state index in [4.69, 9.17) is 4.74 Å². The van der Waals surface area contributed by atoms with Gasteiger partial charge in [0.2, 0.25) is 0 Å². The molecule has 3 nitrogen and oxygen atoms in total. The Morgan fingerprint density at radius 2 is 1.20 bits per heavy atom. The summed E-state index contributed by atoms with van der Waals surface area (Å²) in [4.78, 5) is 0. The van der Waals surface area contributed by atoms with Gasteiger partial charge in [-0.2, -0.15) is 0 Å². The van der Waals surface area contributed by atoms with Gasteiger partial charge in [0.25, 0.3) is 0 Å². The minimum Gasteiger partial charge on any atom is -0.362 e. The molecule has 2 atom stereocenters. The highest BCUT2D eigenvalue weighted by Crippen LogP contribution is 2.25. The Balaban J connectivity index is 4.75. The quantitative estimate of drug-likeness (QED) is 0.475. The van der Waals surface area contributed by atoms with E-state index in [0.717, 1.165) is 0 Å². The summed E-state index contributed by atoms with van der Waals surface area (Å²) in [7, 11) is 0. The van der Waals surface area contributed by atoms with E-state index in [-0.39, 0.29) is 12.8 Å². The zero-order valence-electron chi connectivity index (χ0n) is 8.85. The molecule has 0 saturated carbocycles. The highest BCUT2D eigenvalue weighted by Gasteiger charge is 2.33. The molecule has 3 heteroatoms. The average molecular weight is 210 g/mol. The average Bonchev–Trinajstić information content (AvgIpc) is 2.18. The first-order chi connectivity index (χ1) is 6.95. The fraction of sp³-hybridized carbons (Fsp3) is 0.333. The van der Waals surface area contributed by atoms with E-state index in [1.807, 2.05) is 0 Å². The van der Waals surface area contributed by atoms with Crippen LogP contribution in [-0.2, 0) is 4.74 Å². The zero-order valence-corrected chi connectivity index (χ0v) is 8.85. The van der Waals surface area contributed by atoms with Gasteiger partial charge >= 0.3 is 0 Å². The second kappa shape index (κ2) is 5.66. The van der Waals surface area contributed by atoms with Gasteiger partial charge in [-0.25, -0.2) is 0 Å². The predicted octanol–water partition coefficient (Wildman–Crippen LogP) is 1.90. The summed E-state index contributed by atoms with van der Waals surface area (Å²) in [6.45, 7) is 13.8. The van der Waals surface area contributed by atoms with Crippen molar-refractivity contribution < 1.29 is 14.9 Å². The van der Waals surface area contributed by atoms with Crippen molar-refractivity contribution in [2.24, 2.45) is 0 Å². The maximum absolute atomic E-state index is 9.86. The molecule has 84 valence electrons. The Bertz CT molecular complexity index is 234. The lowest BCUT2D eigenvalue weighted by molar-refractivity contribution is -0.288. The SMILES string of the molecule is C=CCC(O)(C=C)OC(O)(C=C)CC=C. The Labute approximate surface area is 90.7 Å². The van der Waals surface area contributed by atoms with Crippen molar-refractivity contribution in [1.29, 1.82) is 0 Å². The largest absolute Gasteiger partial charge is 0.362 e. The van der Waals surface area contributed by atoms with Crippen molar-refractivity contribution >= 4 is 0 Å². The molecule has 0 aliphatic rings. The summed E-state index contributed by atoms with van der Waals surface area (Å²) < 4.78 is 5.14. The lowest BCUT2D eigenvalue weighted by Gasteiger charge is -2.33. The van der Waals surface area contributed by atoms with E-state index in [0.29, 0.717) is 0 Å². The third-order valence-corrected chi connectivity index (χ3v) is 1.87. The standard InChI is InChI=1S/C12H18O3/c1-5-9-11(13,7-3)15-12(14,8-4)10-6-2/h5-8,13-14H,1-4,9-10H2. The van der Waals surface area contributed by atoms with Gasteiger partial charge in [-0.15, -0.1) is 13.2 Å². The molecule has 0 amide bonds. The van der Waals surface area contributed by atoms with Gasteiger partial charge in [-0.3, -0.25) is 0 Å². The number of rotatable bonds is 8. The fourth-order valence-electron chi connectivity index (χ4n) is 1.05. The first kappa shape index (κ1) is 13.8. The van der Waals surface area contributed by atoms with Crippen LogP contribution in [-0.4, -0.2) is 21.8 Å². The second-order valence-electron chi connectivity index (χ2n) is 3.19. The molecule has 2 N–H and O–H groups in total. The molecular weight excluding hydrogens is 192 g/mol. The minimum atomic E-state index is -1.65. The summed E-state index contributed by atoms with van der Waals surface area (Å²) in [5.74, 6) is -3.29. The molecule has 0 saturated heterocycles. The van der Waals surface area contributed by atoms with Crippen molar-refractivity contribution in [1.82, 2.24) is 0 Å². The first-order valence-corrected chi connectivity index (χ1v) is 4.59. The van der Waals surface area contributed by atoms with E-state index in [9.17, 15) is 10.2 Å². The van der Waals surface area contributed by atoms with E-state index in [1.165, 1.54) is 24.3 Å². The van der Waals surface area contributed by atoms with Gasteiger partial charge in [-0.05, 0) is 12.2 Å². The van der Waals surface area contributed by atoms with Gasteiger partial charge in [-0.1, -0.05) is 25.3 Å². The highest BCUT2D eigenvalue weighted by molar-refractivity contribution is 5.00. The van der Waals surface area contributed by atoms with Gasteiger partial charge < -0.3 is 14.9 Å². The Morgan fingerprint density at radius 1 is 0.867 bits per heavy atom. The van der Waals surface area contributed by atoms with E-state index < -0.39 is 11.6 Å². The Hall–Kier alpha value is -1.16. The van der Waals surface area contributed by atoms with Crippen LogP contribution in [0.4, 0.5) is 0 Å². The lowest BCUT2D eigenvalue weighted by Crippen LogP contribution is -2.41. The van der Waals surface area contributed by atoms with Crippen LogP contribution in [0.2, 0.25) is 0 Å². The molecule has 2 unspecified atom stereocenters. The summed E-state index contributed by atoms with van der Waals surface area (Å²) in [6.07, 6.45) is 5.60. The van der Waals surface area contributed by atoms with Crippen LogP contribution in [0.1, 0.15) is 12.8 Å². The summed E-state index contributed by atoms with van der Waals surface area (Å²) in [6, 6.07) is 0. The minimum absolute atomic E-state index is 0.129. The van der Waals surface area contributed by atoms with Crippen LogP contribution in [0.3, 0.4) is 0 Å². The van der Waals surface area contributed by atoms with Crippen LogP contribution in [0.5, 0.6) is 0 Å². The molecule has 0 aromatic heterocycles. The predicted molar refractivity (Wildman–Crippen MR) is 61.0 cm³/mol. The molecule has 0 spiro atoms. The van der Waals surface area contributed by atoms with Crippen molar-refractivity contribution in [3.63, 3.8) is 0 Å². The van der Waals surface area contributed by atoms with Crippen molar-refractivity contribution in [3.05, 3.63) is 50.6 Å². The molecule has 0 aliphatic heterocycles. The molecule has 0 aliphatic carbocycles. The number of hydrogen-bond donors (Lipinski definition) is 2. The van der Waals surface area contributed by atoms with Crippen LogP contribution in [0.25, 0.3) is 0 Å². The number of hydrogen-bond acceptors (Lipinski definition) is 3. The monoisotopic (exact) mass is 210 g/mol. The Kier molecular flexibility index (Phi) is 5.22. The number of ether oxygens (including phenoxy) is 1. The maximum atomic E-state index is 9.86. The second-order valence-corrected chi connectivity index (χ2v) is 3.19. The highest BCUT2D eigenvalue weighted by atomic mass is 16.7. The van der Waals surface area contributed by atoms with Crippen molar-refractivity contribution in [3.8, 4) is 0 Å². The van der Waals surface area contributed by atoms with E-state index >= 15 is 0 Å². The lowest BCUT2D eigenvalue weighted by atomic mass is 10.1. The normalized spacial score (nSPS) is 18.3. The van der Waals surface area contributed by atoms with E-state index in [1.54, 1.807) is 0 Å². The van der Waals surface area contributed by atoms with Crippen molar-refractivity contribution in [2.45, 2.75) is 24.4 Å². The topological polar surface area (TPSA) is 49.7 Å². The van der Waals surface area contributed by atoms with Crippen LogP contribution < -0.4 is 0 Å². The van der Waals surface area contributed by atoms with Gasteiger partial charge in [0.1, 0.15) is 0 Å². The summed E-state index contributed by atoms with van der Waals surface area (Å²) in [5.41, 5.74) is 0. The fourth-order valence-corrected chi connectivity index (χ4v) is 1.05. The molecular formula is C12H18O3. The molecule has 0 fully saturated rings. The summed E-state index contributed by atoms with van der Waals surface area (Å²) >= 11 is 0. The van der Waals surface area contributed by atoms with Crippen LogP contribution >= 0.6 is 0 Å². The zero-order chi connectivity index (χ0) is 11.9. The first-order valence-electron chi connectivity index (χ1n) is 4.59. The maximum Gasteiger partial charge on any atom is 0.192 e. The smallest absolute Gasteiger partial charge is 0.192 e. The van der Waals surface area contributed by atoms with Gasteiger partial charge in [0, 0.05) is 12.8 Å². The molecule has 0 heterocycles. The summed E-state index contributed by atoms with van der Waals surface area (Å²) in [5, 5.41) is 19.7. The van der Waals surface area contributed by atoms with E-state index in [2.05, 4.69) is 26.3 Å². The molecule has 0 aromatic carbocycles. The molecule has 15 heavy (non-hydrogen) atoms. The van der Waals surface area contributed by atoms with Crippen LogP contribution in [0, 0.1) is 0 Å². The van der Waals surface area contributed by atoms with Gasteiger partial charge in [0.05, 0.1) is 0 Å².